The molecule has 0 amide bonds. The Bertz CT molecular complexity index is 705. The Hall–Kier alpha value is -1.89. The van der Waals surface area contributed by atoms with Gasteiger partial charge in [0.05, 0.1) is 0 Å². The van der Waals surface area contributed by atoms with Crippen LogP contribution in [-0.4, -0.2) is 16.4 Å². The van der Waals surface area contributed by atoms with Crippen molar-refractivity contribution in [1.29, 1.82) is 0 Å². The molecule has 5 heteroatoms. The van der Waals surface area contributed by atoms with Crippen molar-refractivity contribution < 1.29 is 19.1 Å². The van der Waals surface area contributed by atoms with Crippen molar-refractivity contribution in [3.8, 4) is 0 Å². The second-order valence-electron chi connectivity index (χ2n) is 6.84. The van der Waals surface area contributed by atoms with Crippen LogP contribution in [0.2, 0.25) is 0 Å². The predicted molar refractivity (Wildman–Crippen MR) is 111 cm³/mol. The summed E-state index contributed by atoms with van der Waals surface area (Å²) < 4.78 is 11.9. The molecule has 0 radical (unpaired) electrons. The van der Waals surface area contributed by atoms with E-state index in [2.05, 4.69) is 22.6 Å². The molecule has 1 fully saturated rings. The van der Waals surface area contributed by atoms with Crippen LogP contribution in [0.4, 0.5) is 0 Å². The monoisotopic (exact) mass is 478 g/mol. The minimum absolute atomic E-state index is 0.0513. The van der Waals surface area contributed by atoms with Crippen LogP contribution in [0.15, 0.2) is 60.7 Å². The van der Waals surface area contributed by atoms with E-state index < -0.39 is 17.4 Å². The number of benzene rings is 2. The largest absolute Gasteiger partial charge is 0.460 e. The van der Waals surface area contributed by atoms with Crippen LogP contribution in [0.1, 0.15) is 30.4 Å². The van der Waals surface area contributed by atoms with Gasteiger partial charge in [-0.2, -0.15) is 0 Å². The predicted octanol–water partition coefficient (Wildman–Crippen LogP) is 4.69. The number of hydrogen-bond donors (Lipinski definition) is 0. The molecule has 3 rings (SSSR count). The van der Waals surface area contributed by atoms with Gasteiger partial charge in [0.25, 0.3) is 0 Å². The zero-order chi connectivity index (χ0) is 19.1. The van der Waals surface area contributed by atoms with E-state index in [1.807, 2.05) is 60.7 Å². The highest BCUT2D eigenvalue weighted by Gasteiger charge is 2.57. The summed E-state index contributed by atoms with van der Waals surface area (Å²) in [6, 6.07) is 19.0. The fraction of sp³-hybridized carbons (Fsp3) is 0.364. The second-order valence-corrected chi connectivity index (χ2v) is 7.72. The van der Waals surface area contributed by atoms with Crippen molar-refractivity contribution in [3.63, 3.8) is 0 Å². The third-order valence-corrected chi connectivity index (χ3v) is 6.22. The maximum atomic E-state index is 13.0. The van der Waals surface area contributed by atoms with E-state index in [-0.39, 0.29) is 19.1 Å². The van der Waals surface area contributed by atoms with Gasteiger partial charge in [0, 0.05) is 4.43 Å². The van der Waals surface area contributed by atoms with Crippen LogP contribution in [0, 0.1) is 11.3 Å². The lowest BCUT2D eigenvalue weighted by Crippen LogP contribution is -2.45. The molecule has 0 aliphatic heterocycles. The molecule has 0 spiro atoms. The molecule has 0 bridgehead atoms. The lowest BCUT2D eigenvalue weighted by Gasteiger charge is -2.30. The maximum Gasteiger partial charge on any atom is 0.324 e. The third-order valence-electron chi connectivity index (χ3n) is 5.16. The Morgan fingerprint density at radius 2 is 1.37 bits per heavy atom. The number of esters is 2. The van der Waals surface area contributed by atoms with E-state index in [9.17, 15) is 9.59 Å². The molecule has 27 heavy (non-hydrogen) atoms. The van der Waals surface area contributed by atoms with Crippen LogP contribution < -0.4 is 0 Å². The van der Waals surface area contributed by atoms with E-state index >= 15 is 0 Å². The first-order chi connectivity index (χ1) is 13.2. The van der Waals surface area contributed by atoms with Crippen molar-refractivity contribution in [1.82, 2.24) is 0 Å². The number of alkyl halides is 1. The van der Waals surface area contributed by atoms with Gasteiger partial charge >= 0.3 is 11.9 Å². The van der Waals surface area contributed by atoms with Gasteiger partial charge in [0.2, 0.25) is 0 Å². The van der Waals surface area contributed by atoms with Crippen LogP contribution in [0.5, 0.6) is 0 Å². The standard InChI is InChI=1S/C22H23IO4/c23-14-19-12-7-13-22(19,20(24)26-15-17-8-3-1-4-9-17)21(25)27-16-18-10-5-2-6-11-18/h1-6,8-11,19H,7,12-16H2/t19-/m0/s1. The fourth-order valence-electron chi connectivity index (χ4n) is 3.61. The Balaban J connectivity index is 1.73. The average Bonchev–Trinajstić information content (AvgIpc) is 3.17. The van der Waals surface area contributed by atoms with Gasteiger partial charge in [-0.3, -0.25) is 9.59 Å². The molecule has 0 N–H and O–H groups in total. The van der Waals surface area contributed by atoms with Gasteiger partial charge in [-0.1, -0.05) is 89.7 Å². The summed E-state index contributed by atoms with van der Waals surface area (Å²) in [7, 11) is 0. The van der Waals surface area contributed by atoms with E-state index in [0.717, 1.165) is 28.4 Å². The van der Waals surface area contributed by atoms with Gasteiger partial charge in [0.1, 0.15) is 13.2 Å². The van der Waals surface area contributed by atoms with Crippen molar-refractivity contribution in [2.75, 3.05) is 4.43 Å². The molecular weight excluding hydrogens is 455 g/mol. The molecule has 1 aliphatic rings. The minimum atomic E-state index is -1.19. The van der Waals surface area contributed by atoms with Crippen LogP contribution in [-0.2, 0) is 32.3 Å². The summed E-state index contributed by atoms with van der Waals surface area (Å²) in [6.07, 6.45) is 2.15. The van der Waals surface area contributed by atoms with Crippen molar-refractivity contribution >= 4 is 34.5 Å². The number of carbonyl (C=O) groups excluding carboxylic acids is 2. The molecule has 4 nitrogen and oxygen atoms in total. The minimum Gasteiger partial charge on any atom is -0.460 e. The van der Waals surface area contributed by atoms with Crippen LogP contribution >= 0.6 is 22.6 Å². The lowest BCUT2D eigenvalue weighted by atomic mass is 9.78. The van der Waals surface area contributed by atoms with Gasteiger partial charge in [-0.05, 0) is 29.9 Å². The first-order valence-electron chi connectivity index (χ1n) is 9.15. The van der Waals surface area contributed by atoms with Gasteiger partial charge in [-0.25, -0.2) is 0 Å². The van der Waals surface area contributed by atoms with Gasteiger partial charge in [0.15, 0.2) is 5.41 Å². The van der Waals surface area contributed by atoms with Crippen molar-refractivity contribution in [2.45, 2.75) is 32.5 Å². The van der Waals surface area contributed by atoms with Crippen molar-refractivity contribution in [2.24, 2.45) is 11.3 Å². The van der Waals surface area contributed by atoms with Crippen molar-refractivity contribution in [3.05, 3.63) is 71.8 Å². The third kappa shape index (κ3) is 4.51. The SMILES string of the molecule is O=C(OCc1ccccc1)C1(C(=O)OCc2ccccc2)CCC[C@H]1CI. The number of ether oxygens (including phenoxy) is 2. The molecule has 0 saturated heterocycles. The number of rotatable bonds is 7. The Kier molecular flexibility index (Phi) is 6.88. The molecule has 2 aromatic carbocycles. The summed E-state index contributed by atoms with van der Waals surface area (Å²) in [5, 5.41) is 0. The normalized spacial score (nSPS) is 18.0. The number of hydrogen-bond acceptors (Lipinski definition) is 4. The fourth-order valence-corrected chi connectivity index (χ4v) is 4.80. The topological polar surface area (TPSA) is 52.6 Å². The van der Waals surface area contributed by atoms with Gasteiger partial charge in [-0.15, -0.1) is 0 Å². The molecule has 1 aliphatic carbocycles. The lowest BCUT2D eigenvalue weighted by molar-refractivity contribution is -0.176. The molecule has 1 saturated carbocycles. The molecule has 1 atom stereocenters. The van der Waals surface area contributed by atoms with Crippen LogP contribution in [0.3, 0.4) is 0 Å². The molecule has 0 unspecified atom stereocenters. The number of halogens is 1. The zero-order valence-corrected chi connectivity index (χ0v) is 17.3. The molecule has 142 valence electrons. The highest BCUT2D eigenvalue weighted by molar-refractivity contribution is 14.1. The van der Waals surface area contributed by atoms with Gasteiger partial charge < -0.3 is 9.47 Å². The summed E-state index contributed by atoms with van der Waals surface area (Å²) in [4.78, 5) is 26.1. The summed E-state index contributed by atoms with van der Waals surface area (Å²) in [5.74, 6) is -0.961. The Morgan fingerprint density at radius 1 is 0.889 bits per heavy atom. The molecule has 0 heterocycles. The molecule has 0 aromatic heterocycles. The molecular formula is C22H23IO4. The van der Waals surface area contributed by atoms with E-state index in [4.69, 9.17) is 9.47 Å². The smallest absolute Gasteiger partial charge is 0.324 e. The van der Waals surface area contributed by atoms with E-state index in [1.54, 1.807) is 0 Å². The summed E-state index contributed by atoms with van der Waals surface area (Å²) in [6.45, 7) is 0.336. The first kappa shape index (κ1) is 19.9. The second kappa shape index (κ2) is 9.35. The quantitative estimate of drug-likeness (QED) is 0.251. The average molecular weight is 478 g/mol. The van der Waals surface area contributed by atoms with Crippen LogP contribution in [0.25, 0.3) is 0 Å². The zero-order valence-electron chi connectivity index (χ0n) is 15.1. The highest BCUT2D eigenvalue weighted by Crippen LogP contribution is 2.46. The Labute approximate surface area is 173 Å². The maximum absolute atomic E-state index is 13.0. The van der Waals surface area contributed by atoms with E-state index in [0.29, 0.717) is 6.42 Å². The highest BCUT2D eigenvalue weighted by atomic mass is 127. The van der Waals surface area contributed by atoms with E-state index in [1.165, 1.54) is 0 Å². The first-order valence-corrected chi connectivity index (χ1v) is 10.7. The Morgan fingerprint density at radius 3 is 1.81 bits per heavy atom. The number of carbonyl (C=O) groups is 2. The summed E-state index contributed by atoms with van der Waals surface area (Å²) >= 11 is 2.25. The summed E-state index contributed by atoms with van der Waals surface area (Å²) in [5.41, 5.74) is 0.621. The molecule has 2 aromatic rings.